The van der Waals surface area contributed by atoms with Crippen LogP contribution in [0.2, 0.25) is 0 Å². The van der Waals surface area contributed by atoms with Crippen LogP contribution in [0.5, 0.6) is 0 Å². The molecule has 0 saturated heterocycles. The normalized spacial score (nSPS) is 27.6. The van der Waals surface area contributed by atoms with Gasteiger partial charge in [-0.2, -0.15) is 0 Å². The fourth-order valence-corrected chi connectivity index (χ4v) is 1.97. The van der Waals surface area contributed by atoms with E-state index in [4.69, 9.17) is 4.74 Å². The fourth-order valence-electron chi connectivity index (χ4n) is 1.97. The first-order valence-corrected chi connectivity index (χ1v) is 6.52. The lowest BCUT2D eigenvalue weighted by molar-refractivity contribution is -0.123. The maximum absolute atomic E-state index is 11.7. The van der Waals surface area contributed by atoms with Crippen molar-refractivity contribution >= 4 is 5.91 Å². The van der Waals surface area contributed by atoms with Gasteiger partial charge in [-0.1, -0.05) is 13.8 Å². The van der Waals surface area contributed by atoms with Crippen molar-refractivity contribution in [2.24, 2.45) is 17.3 Å². The second-order valence-corrected chi connectivity index (χ2v) is 6.13. The third-order valence-corrected chi connectivity index (χ3v) is 3.70. The number of ether oxygens (including phenoxy) is 1. The Hall–Kier alpha value is -0.610. The summed E-state index contributed by atoms with van der Waals surface area (Å²) in [5.41, 5.74) is 0.150. The lowest BCUT2D eigenvalue weighted by Crippen LogP contribution is -2.36. The molecule has 0 aromatic heterocycles. The molecule has 2 aliphatic rings. The van der Waals surface area contributed by atoms with E-state index in [1.165, 1.54) is 12.8 Å². The first-order valence-electron chi connectivity index (χ1n) is 6.52. The molecule has 2 fully saturated rings. The highest BCUT2D eigenvalue weighted by Crippen LogP contribution is 2.51. The van der Waals surface area contributed by atoms with Gasteiger partial charge < -0.3 is 15.2 Å². The summed E-state index contributed by atoms with van der Waals surface area (Å²) in [6, 6.07) is 0. The summed E-state index contributed by atoms with van der Waals surface area (Å²) in [6.45, 7) is 5.56. The van der Waals surface area contributed by atoms with Crippen LogP contribution in [0.3, 0.4) is 0 Å². The summed E-state index contributed by atoms with van der Waals surface area (Å²) < 4.78 is 5.37. The minimum Gasteiger partial charge on any atom is -0.389 e. The average molecular weight is 241 g/mol. The van der Waals surface area contributed by atoms with E-state index in [2.05, 4.69) is 19.2 Å². The van der Waals surface area contributed by atoms with Crippen LogP contribution in [0, 0.1) is 17.3 Å². The number of hydrogen-bond acceptors (Lipinski definition) is 3. The van der Waals surface area contributed by atoms with Crippen molar-refractivity contribution in [2.75, 3.05) is 19.8 Å². The van der Waals surface area contributed by atoms with Crippen molar-refractivity contribution in [2.45, 2.75) is 39.2 Å². The minimum atomic E-state index is -0.584. The highest BCUT2D eigenvalue weighted by molar-refractivity contribution is 5.82. The van der Waals surface area contributed by atoms with Crippen molar-refractivity contribution < 1.29 is 14.6 Å². The second-order valence-electron chi connectivity index (χ2n) is 6.13. The number of hydrogen-bond donors (Lipinski definition) is 2. The van der Waals surface area contributed by atoms with Gasteiger partial charge in [-0.3, -0.25) is 4.79 Å². The number of amides is 1. The molecule has 98 valence electrons. The molecule has 0 heterocycles. The first-order chi connectivity index (χ1) is 7.99. The van der Waals surface area contributed by atoms with E-state index < -0.39 is 6.10 Å². The predicted octanol–water partition coefficient (Wildman–Crippen LogP) is 0.936. The average Bonchev–Trinajstić information content (AvgIpc) is 3.14. The molecule has 4 nitrogen and oxygen atoms in total. The number of rotatable bonds is 7. The van der Waals surface area contributed by atoms with Gasteiger partial charge in [0.25, 0.3) is 0 Å². The Morgan fingerprint density at radius 3 is 2.71 bits per heavy atom. The van der Waals surface area contributed by atoms with Gasteiger partial charge >= 0.3 is 0 Å². The number of aliphatic hydroxyl groups excluding tert-OH is 1. The summed E-state index contributed by atoms with van der Waals surface area (Å²) in [5.74, 6) is 0.905. The van der Waals surface area contributed by atoms with Gasteiger partial charge in [0.05, 0.1) is 12.7 Å². The molecular formula is C13H23NO3. The first kappa shape index (κ1) is 12.8. The van der Waals surface area contributed by atoms with Crippen LogP contribution >= 0.6 is 0 Å². The maximum Gasteiger partial charge on any atom is 0.223 e. The molecule has 2 unspecified atom stereocenters. The zero-order valence-corrected chi connectivity index (χ0v) is 10.7. The number of aliphatic hydroxyl groups is 1. The molecule has 0 aromatic carbocycles. The molecule has 0 aromatic rings. The third-order valence-electron chi connectivity index (χ3n) is 3.70. The highest BCUT2D eigenvalue weighted by atomic mass is 16.5. The van der Waals surface area contributed by atoms with Crippen LogP contribution in [-0.2, 0) is 9.53 Å². The molecule has 2 atom stereocenters. The summed E-state index contributed by atoms with van der Waals surface area (Å²) >= 11 is 0. The molecular weight excluding hydrogens is 218 g/mol. The molecule has 2 N–H and O–H groups in total. The molecule has 17 heavy (non-hydrogen) atoms. The van der Waals surface area contributed by atoms with Gasteiger partial charge in [0, 0.05) is 19.1 Å². The molecule has 2 aliphatic carbocycles. The van der Waals surface area contributed by atoms with Crippen molar-refractivity contribution in [3.05, 3.63) is 0 Å². The number of nitrogens with one attached hydrogen (secondary N) is 1. The van der Waals surface area contributed by atoms with Crippen LogP contribution in [0.1, 0.15) is 33.1 Å². The maximum atomic E-state index is 11.7. The SMILES string of the molecule is CC1(C)CC1C(=O)NCC(O)COCC1CC1. The van der Waals surface area contributed by atoms with Crippen LogP contribution in [0.15, 0.2) is 0 Å². The van der Waals surface area contributed by atoms with E-state index >= 15 is 0 Å². The molecule has 1 amide bonds. The van der Waals surface area contributed by atoms with Gasteiger partial charge in [0.15, 0.2) is 0 Å². The smallest absolute Gasteiger partial charge is 0.223 e. The minimum absolute atomic E-state index is 0.0660. The van der Waals surface area contributed by atoms with Crippen LogP contribution in [0.4, 0.5) is 0 Å². The zero-order valence-electron chi connectivity index (χ0n) is 10.7. The van der Waals surface area contributed by atoms with E-state index in [1.807, 2.05) is 0 Å². The lowest BCUT2D eigenvalue weighted by Gasteiger charge is -2.12. The quantitative estimate of drug-likeness (QED) is 0.697. The molecule has 2 rings (SSSR count). The predicted molar refractivity (Wildman–Crippen MR) is 64.4 cm³/mol. The summed E-state index contributed by atoms with van der Waals surface area (Å²) in [4.78, 5) is 11.7. The Morgan fingerprint density at radius 1 is 1.53 bits per heavy atom. The second kappa shape index (κ2) is 4.94. The zero-order chi connectivity index (χ0) is 12.5. The third kappa shape index (κ3) is 3.96. The van der Waals surface area contributed by atoms with Crippen molar-refractivity contribution in [3.8, 4) is 0 Å². The standard InChI is InChI=1S/C13H23NO3/c1-13(2)5-11(13)12(16)14-6-10(15)8-17-7-9-3-4-9/h9-11,15H,3-8H2,1-2H3,(H,14,16). The molecule has 0 aliphatic heterocycles. The molecule has 2 saturated carbocycles. The molecule has 0 radical (unpaired) electrons. The van der Waals surface area contributed by atoms with E-state index in [0.717, 1.165) is 13.0 Å². The van der Waals surface area contributed by atoms with Crippen LogP contribution < -0.4 is 5.32 Å². The van der Waals surface area contributed by atoms with Crippen molar-refractivity contribution in [1.29, 1.82) is 0 Å². The van der Waals surface area contributed by atoms with E-state index in [1.54, 1.807) is 0 Å². The van der Waals surface area contributed by atoms with E-state index in [-0.39, 0.29) is 17.2 Å². The summed E-state index contributed by atoms with van der Waals surface area (Å²) in [5, 5.41) is 12.4. The Labute approximate surface area is 103 Å². The lowest BCUT2D eigenvalue weighted by atomic mass is 10.1. The monoisotopic (exact) mass is 241 g/mol. The van der Waals surface area contributed by atoms with Gasteiger partial charge in [-0.25, -0.2) is 0 Å². The largest absolute Gasteiger partial charge is 0.389 e. The Bertz CT molecular complexity index is 286. The Balaban J connectivity index is 1.52. The van der Waals surface area contributed by atoms with Gasteiger partial charge in [0.1, 0.15) is 0 Å². The topological polar surface area (TPSA) is 58.6 Å². The van der Waals surface area contributed by atoms with Gasteiger partial charge in [-0.05, 0) is 30.6 Å². The Kier molecular flexibility index (Phi) is 3.73. The summed E-state index contributed by atoms with van der Waals surface area (Å²) in [6.07, 6.45) is 2.87. The Morgan fingerprint density at radius 2 is 2.18 bits per heavy atom. The molecule has 0 spiro atoms. The highest BCUT2D eigenvalue weighted by Gasteiger charge is 2.50. The van der Waals surface area contributed by atoms with Crippen LogP contribution in [0.25, 0.3) is 0 Å². The molecule has 0 bridgehead atoms. The van der Waals surface area contributed by atoms with Gasteiger partial charge in [-0.15, -0.1) is 0 Å². The van der Waals surface area contributed by atoms with E-state index in [9.17, 15) is 9.90 Å². The van der Waals surface area contributed by atoms with Crippen LogP contribution in [-0.4, -0.2) is 36.9 Å². The van der Waals surface area contributed by atoms with Crippen molar-refractivity contribution in [1.82, 2.24) is 5.32 Å². The van der Waals surface area contributed by atoms with Crippen molar-refractivity contribution in [3.63, 3.8) is 0 Å². The fraction of sp³-hybridized carbons (Fsp3) is 0.923. The summed E-state index contributed by atoms with van der Waals surface area (Å²) in [7, 11) is 0. The van der Waals surface area contributed by atoms with Gasteiger partial charge in [0.2, 0.25) is 5.91 Å². The number of carbonyl (C=O) groups excluding carboxylic acids is 1. The number of carbonyl (C=O) groups is 1. The van der Waals surface area contributed by atoms with E-state index in [0.29, 0.717) is 19.1 Å². The molecule has 4 heteroatoms.